The fourth-order valence-corrected chi connectivity index (χ4v) is 2.93. The minimum absolute atomic E-state index is 0.203. The maximum absolute atomic E-state index is 11.1. The fraction of sp³-hybridized carbons (Fsp3) is 0.667. The Kier molecular flexibility index (Phi) is 4.70. The van der Waals surface area contributed by atoms with Gasteiger partial charge in [-0.1, -0.05) is 6.92 Å². The summed E-state index contributed by atoms with van der Waals surface area (Å²) in [4.78, 5) is 15.1. The van der Waals surface area contributed by atoms with Crippen LogP contribution in [-0.4, -0.2) is 15.9 Å². The van der Waals surface area contributed by atoms with Gasteiger partial charge < -0.3 is 5.32 Å². The van der Waals surface area contributed by atoms with Crippen molar-refractivity contribution in [2.24, 2.45) is 5.92 Å². The number of hydrogen-bond acceptors (Lipinski definition) is 4. The molecule has 1 heterocycles. The Bertz CT molecular complexity index is 494. The maximum atomic E-state index is 11.1. The van der Waals surface area contributed by atoms with Crippen LogP contribution in [0.5, 0.6) is 0 Å². The Morgan fingerprint density at radius 2 is 2.00 bits per heavy atom. The molecule has 0 unspecified atom stereocenters. The lowest BCUT2D eigenvalue weighted by molar-refractivity contribution is -0.386. The summed E-state index contributed by atoms with van der Waals surface area (Å²) >= 11 is 0. The smallest absolute Gasteiger partial charge is 0.278 e. The van der Waals surface area contributed by atoms with Gasteiger partial charge in [0, 0.05) is 29.9 Å². The molecular formula is C15H23N3O2. The lowest BCUT2D eigenvalue weighted by Crippen LogP contribution is -2.32. The first-order valence-electron chi connectivity index (χ1n) is 7.32. The van der Waals surface area contributed by atoms with Crippen LogP contribution < -0.4 is 5.32 Å². The van der Waals surface area contributed by atoms with Crippen LogP contribution in [0, 0.1) is 29.9 Å². The number of nitrogens with one attached hydrogen (secondary N) is 1. The van der Waals surface area contributed by atoms with E-state index >= 15 is 0 Å². The summed E-state index contributed by atoms with van der Waals surface area (Å²) in [5.74, 6) is 0.827. The maximum Gasteiger partial charge on any atom is 0.278 e. The second-order valence-electron chi connectivity index (χ2n) is 5.96. The highest BCUT2D eigenvalue weighted by Gasteiger charge is 2.21. The third kappa shape index (κ3) is 3.33. The van der Waals surface area contributed by atoms with Gasteiger partial charge in [-0.15, -0.1) is 0 Å². The summed E-state index contributed by atoms with van der Waals surface area (Å²) in [5, 5.41) is 14.6. The molecule has 1 aromatic heterocycles. The van der Waals surface area contributed by atoms with E-state index in [0.717, 1.165) is 11.6 Å². The molecule has 0 aromatic carbocycles. The Morgan fingerprint density at radius 3 is 2.60 bits per heavy atom. The molecule has 1 fully saturated rings. The summed E-state index contributed by atoms with van der Waals surface area (Å²) in [7, 11) is 0. The molecule has 0 bridgehead atoms. The van der Waals surface area contributed by atoms with Gasteiger partial charge in [-0.05, 0) is 45.4 Å². The molecular weight excluding hydrogens is 254 g/mol. The molecule has 0 saturated heterocycles. The average Bonchev–Trinajstić information content (AvgIpc) is 2.39. The number of hydrogen-bond donors (Lipinski definition) is 1. The summed E-state index contributed by atoms with van der Waals surface area (Å²) in [6.07, 6.45) is 6.50. The molecule has 1 aliphatic carbocycles. The van der Waals surface area contributed by atoms with Gasteiger partial charge in [-0.25, -0.2) is 0 Å². The van der Waals surface area contributed by atoms with Crippen molar-refractivity contribution in [3.8, 4) is 0 Å². The molecule has 0 atom stereocenters. The third-order valence-corrected chi connectivity index (χ3v) is 4.33. The van der Waals surface area contributed by atoms with Crippen LogP contribution in [-0.2, 0) is 6.54 Å². The predicted octanol–water partition coefficient (Wildman–Crippen LogP) is 3.27. The van der Waals surface area contributed by atoms with Crippen molar-refractivity contribution in [2.75, 3.05) is 0 Å². The van der Waals surface area contributed by atoms with Gasteiger partial charge in [-0.3, -0.25) is 15.1 Å². The van der Waals surface area contributed by atoms with Crippen molar-refractivity contribution >= 4 is 5.69 Å². The van der Waals surface area contributed by atoms with Crippen LogP contribution in [0.15, 0.2) is 6.20 Å². The van der Waals surface area contributed by atoms with Crippen LogP contribution in [0.25, 0.3) is 0 Å². The van der Waals surface area contributed by atoms with Crippen molar-refractivity contribution in [3.05, 3.63) is 33.1 Å². The molecule has 20 heavy (non-hydrogen) atoms. The van der Waals surface area contributed by atoms with E-state index in [4.69, 9.17) is 0 Å². The Morgan fingerprint density at radius 1 is 1.35 bits per heavy atom. The van der Waals surface area contributed by atoms with Crippen LogP contribution in [0.3, 0.4) is 0 Å². The zero-order valence-electron chi connectivity index (χ0n) is 12.5. The molecule has 1 saturated carbocycles. The number of aryl methyl sites for hydroxylation is 1. The van der Waals surface area contributed by atoms with Crippen molar-refractivity contribution < 1.29 is 4.92 Å². The minimum Gasteiger partial charge on any atom is -0.308 e. The van der Waals surface area contributed by atoms with E-state index in [1.54, 1.807) is 20.0 Å². The van der Waals surface area contributed by atoms with E-state index in [9.17, 15) is 10.1 Å². The lowest BCUT2D eigenvalue weighted by Gasteiger charge is -2.27. The van der Waals surface area contributed by atoms with Crippen LogP contribution in [0.1, 0.15) is 49.4 Å². The van der Waals surface area contributed by atoms with E-state index < -0.39 is 0 Å². The van der Waals surface area contributed by atoms with Crippen LogP contribution >= 0.6 is 0 Å². The molecule has 0 amide bonds. The predicted molar refractivity (Wildman–Crippen MR) is 78.6 cm³/mol. The van der Waals surface area contributed by atoms with Gasteiger partial charge in [0.25, 0.3) is 5.69 Å². The normalized spacial score (nSPS) is 22.8. The zero-order valence-corrected chi connectivity index (χ0v) is 12.5. The summed E-state index contributed by atoms with van der Waals surface area (Å²) in [5.41, 5.74) is 2.31. The molecule has 0 spiro atoms. The standard InChI is InChI=1S/C15H23N3O2/c1-10-4-6-13(7-5-10)16-9-14-12(3)15(18(19)20)11(2)8-17-14/h8,10,13,16H,4-7,9H2,1-3H3. The number of rotatable bonds is 4. The SMILES string of the molecule is Cc1cnc(CNC2CCC(C)CC2)c(C)c1[N+](=O)[O-]. The Hall–Kier alpha value is -1.49. The van der Waals surface area contributed by atoms with Gasteiger partial charge in [0.2, 0.25) is 0 Å². The Labute approximate surface area is 119 Å². The van der Waals surface area contributed by atoms with Crippen LogP contribution in [0.4, 0.5) is 5.69 Å². The van der Waals surface area contributed by atoms with Gasteiger partial charge in [0.15, 0.2) is 0 Å². The first-order valence-corrected chi connectivity index (χ1v) is 7.32. The monoisotopic (exact) mass is 277 g/mol. The second-order valence-corrected chi connectivity index (χ2v) is 5.96. The van der Waals surface area contributed by atoms with Gasteiger partial charge in [0.05, 0.1) is 10.6 Å². The molecule has 0 radical (unpaired) electrons. The van der Waals surface area contributed by atoms with Gasteiger partial charge >= 0.3 is 0 Å². The van der Waals surface area contributed by atoms with Crippen molar-refractivity contribution in [2.45, 2.75) is 59.0 Å². The number of aromatic nitrogens is 1. The highest BCUT2D eigenvalue weighted by atomic mass is 16.6. The summed E-state index contributed by atoms with van der Waals surface area (Å²) in [6, 6.07) is 0.521. The summed E-state index contributed by atoms with van der Waals surface area (Å²) < 4.78 is 0. The quantitative estimate of drug-likeness (QED) is 0.677. The number of nitro groups is 1. The zero-order chi connectivity index (χ0) is 14.7. The highest BCUT2D eigenvalue weighted by molar-refractivity contribution is 5.47. The molecule has 1 aliphatic rings. The summed E-state index contributed by atoms with van der Waals surface area (Å²) in [6.45, 7) is 6.44. The van der Waals surface area contributed by atoms with Crippen molar-refractivity contribution in [1.82, 2.24) is 10.3 Å². The van der Waals surface area contributed by atoms with Gasteiger partial charge in [-0.2, -0.15) is 0 Å². The number of nitrogens with zero attached hydrogens (tertiary/aromatic N) is 2. The van der Waals surface area contributed by atoms with E-state index in [1.165, 1.54) is 25.7 Å². The van der Waals surface area contributed by atoms with E-state index in [2.05, 4.69) is 17.2 Å². The molecule has 110 valence electrons. The minimum atomic E-state index is -0.307. The average molecular weight is 277 g/mol. The number of pyridine rings is 1. The molecule has 2 rings (SSSR count). The van der Waals surface area contributed by atoms with Crippen molar-refractivity contribution in [3.63, 3.8) is 0 Å². The molecule has 0 aliphatic heterocycles. The third-order valence-electron chi connectivity index (χ3n) is 4.33. The molecule has 5 heteroatoms. The van der Waals surface area contributed by atoms with Crippen LogP contribution in [0.2, 0.25) is 0 Å². The molecule has 5 nitrogen and oxygen atoms in total. The van der Waals surface area contributed by atoms with E-state index in [1.807, 2.05) is 0 Å². The molecule has 1 aromatic rings. The Balaban J connectivity index is 2.03. The molecule has 1 N–H and O–H groups in total. The van der Waals surface area contributed by atoms with Gasteiger partial charge in [0.1, 0.15) is 0 Å². The van der Waals surface area contributed by atoms with Crippen molar-refractivity contribution in [1.29, 1.82) is 0 Å². The lowest BCUT2D eigenvalue weighted by atomic mass is 9.87. The highest BCUT2D eigenvalue weighted by Crippen LogP contribution is 2.26. The fourth-order valence-electron chi connectivity index (χ4n) is 2.93. The first-order chi connectivity index (χ1) is 9.49. The topological polar surface area (TPSA) is 68.1 Å². The largest absolute Gasteiger partial charge is 0.308 e. The van der Waals surface area contributed by atoms with E-state index in [0.29, 0.717) is 23.7 Å². The second kappa shape index (κ2) is 6.31. The van der Waals surface area contributed by atoms with E-state index in [-0.39, 0.29) is 10.6 Å². The first kappa shape index (κ1) is 14.9.